The standard InChI is InChI=1S/C20H18N4O3.CH2O2/c1-27-13-7-8-17-14(9-13)15(10-18(25)22-17)20(26)23-19-16(11-21-24-19)12-5-3-2-4-6-12;2-1-3/h2-9,11,15H,10H2,1H3,(H,22,25)(H2,21,23,24,26);1H,(H,2,3). The summed E-state index contributed by atoms with van der Waals surface area (Å²) in [5.74, 6) is 0.0492. The number of ether oxygens (including phenoxy) is 1. The van der Waals surface area contributed by atoms with Gasteiger partial charge in [-0.1, -0.05) is 30.3 Å². The molecule has 3 aromatic rings. The van der Waals surface area contributed by atoms with Crippen molar-refractivity contribution in [2.45, 2.75) is 12.3 Å². The summed E-state index contributed by atoms with van der Waals surface area (Å²) in [6.45, 7) is -0.250. The maximum Gasteiger partial charge on any atom is 0.290 e. The number of carboxylic acid groups (broad SMARTS) is 1. The first-order chi connectivity index (χ1) is 14.6. The van der Waals surface area contributed by atoms with Gasteiger partial charge in [-0.15, -0.1) is 0 Å². The number of aromatic amines is 1. The summed E-state index contributed by atoms with van der Waals surface area (Å²) >= 11 is 0. The van der Waals surface area contributed by atoms with E-state index < -0.39 is 5.92 Å². The van der Waals surface area contributed by atoms with E-state index in [9.17, 15) is 9.59 Å². The van der Waals surface area contributed by atoms with Gasteiger partial charge in [-0.2, -0.15) is 5.10 Å². The number of anilines is 2. The van der Waals surface area contributed by atoms with Crippen molar-refractivity contribution in [3.63, 3.8) is 0 Å². The smallest absolute Gasteiger partial charge is 0.290 e. The molecule has 0 saturated heterocycles. The molecule has 1 atom stereocenters. The lowest BCUT2D eigenvalue weighted by Crippen LogP contribution is -2.31. The molecule has 2 heterocycles. The highest BCUT2D eigenvalue weighted by atomic mass is 16.5. The molecule has 0 spiro atoms. The first-order valence-corrected chi connectivity index (χ1v) is 9.02. The molecule has 2 amide bonds. The van der Waals surface area contributed by atoms with Gasteiger partial charge in [0.2, 0.25) is 11.8 Å². The highest BCUT2D eigenvalue weighted by Gasteiger charge is 2.31. The molecular weight excluding hydrogens is 388 g/mol. The maximum atomic E-state index is 13.0. The molecule has 1 aliphatic rings. The molecule has 0 saturated carbocycles. The first kappa shape index (κ1) is 20.6. The van der Waals surface area contributed by atoms with E-state index in [-0.39, 0.29) is 24.7 Å². The molecule has 1 aliphatic heterocycles. The molecule has 0 fully saturated rings. The van der Waals surface area contributed by atoms with E-state index in [0.717, 1.165) is 16.7 Å². The van der Waals surface area contributed by atoms with Crippen LogP contribution in [-0.4, -0.2) is 40.7 Å². The number of fused-ring (bicyclic) bond motifs is 1. The Kier molecular flexibility index (Phi) is 6.43. The van der Waals surface area contributed by atoms with Gasteiger partial charge in [0.1, 0.15) is 11.6 Å². The van der Waals surface area contributed by atoms with Gasteiger partial charge in [0, 0.05) is 17.7 Å². The van der Waals surface area contributed by atoms with Crippen LogP contribution in [0.3, 0.4) is 0 Å². The lowest BCUT2D eigenvalue weighted by molar-refractivity contribution is -0.123. The normalized spacial score (nSPS) is 14.4. The molecule has 2 aromatic carbocycles. The molecule has 9 heteroatoms. The Morgan fingerprint density at radius 1 is 1.27 bits per heavy atom. The summed E-state index contributed by atoms with van der Waals surface area (Å²) in [5.41, 5.74) is 3.08. The lowest BCUT2D eigenvalue weighted by atomic mass is 9.89. The average Bonchev–Trinajstić information content (AvgIpc) is 3.22. The van der Waals surface area contributed by atoms with Crippen molar-refractivity contribution in [1.82, 2.24) is 10.2 Å². The summed E-state index contributed by atoms with van der Waals surface area (Å²) in [7, 11) is 1.56. The number of nitrogens with zero attached hydrogens (tertiary/aromatic N) is 1. The Hall–Kier alpha value is -4.14. The van der Waals surface area contributed by atoms with E-state index in [1.54, 1.807) is 31.5 Å². The minimum Gasteiger partial charge on any atom is -0.497 e. The third-order valence-corrected chi connectivity index (χ3v) is 4.59. The molecular formula is C21H20N4O5. The summed E-state index contributed by atoms with van der Waals surface area (Å²) in [5, 5.41) is 19.4. The Labute approximate surface area is 172 Å². The van der Waals surface area contributed by atoms with Crippen molar-refractivity contribution in [2.75, 3.05) is 17.7 Å². The summed E-state index contributed by atoms with van der Waals surface area (Å²) < 4.78 is 5.26. The second kappa shape index (κ2) is 9.37. The van der Waals surface area contributed by atoms with Crippen molar-refractivity contribution in [3.05, 3.63) is 60.3 Å². The van der Waals surface area contributed by atoms with Gasteiger partial charge < -0.3 is 20.5 Å². The first-order valence-electron chi connectivity index (χ1n) is 9.02. The maximum absolute atomic E-state index is 13.0. The summed E-state index contributed by atoms with van der Waals surface area (Å²) in [6.07, 6.45) is 1.73. The van der Waals surface area contributed by atoms with Gasteiger partial charge in [-0.05, 0) is 29.3 Å². The fraction of sp³-hybridized carbons (Fsp3) is 0.143. The van der Waals surface area contributed by atoms with Crippen molar-refractivity contribution >= 4 is 29.8 Å². The Balaban J connectivity index is 0.000000806. The van der Waals surface area contributed by atoms with E-state index in [1.165, 1.54) is 0 Å². The fourth-order valence-electron chi connectivity index (χ4n) is 3.23. The molecule has 1 unspecified atom stereocenters. The largest absolute Gasteiger partial charge is 0.497 e. The van der Waals surface area contributed by atoms with Gasteiger partial charge in [0.25, 0.3) is 6.47 Å². The zero-order valence-corrected chi connectivity index (χ0v) is 16.1. The monoisotopic (exact) mass is 408 g/mol. The highest BCUT2D eigenvalue weighted by molar-refractivity contribution is 6.05. The van der Waals surface area contributed by atoms with Crippen molar-refractivity contribution in [2.24, 2.45) is 0 Å². The number of carbonyl (C=O) groups excluding carboxylic acids is 2. The van der Waals surface area contributed by atoms with Crippen LogP contribution in [0.2, 0.25) is 0 Å². The number of benzene rings is 2. The number of amides is 2. The Morgan fingerprint density at radius 2 is 2.00 bits per heavy atom. The van der Waals surface area contributed by atoms with Crippen molar-refractivity contribution in [3.8, 4) is 16.9 Å². The number of hydrogen-bond acceptors (Lipinski definition) is 5. The second-order valence-electron chi connectivity index (χ2n) is 6.38. The molecule has 0 radical (unpaired) electrons. The molecule has 30 heavy (non-hydrogen) atoms. The van der Waals surface area contributed by atoms with Crippen LogP contribution in [-0.2, 0) is 14.4 Å². The van der Waals surface area contributed by atoms with Crippen LogP contribution in [0, 0.1) is 0 Å². The van der Waals surface area contributed by atoms with Crippen molar-refractivity contribution < 1.29 is 24.2 Å². The molecule has 9 nitrogen and oxygen atoms in total. The minimum absolute atomic E-state index is 0.0702. The van der Waals surface area contributed by atoms with Gasteiger partial charge in [-0.3, -0.25) is 19.5 Å². The van der Waals surface area contributed by atoms with E-state index in [4.69, 9.17) is 14.6 Å². The van der Waals surface area contributed by atoms with Crippen LogP contribution in [0.25, 0.3) is 11.1 Å². The molecule has 0 aliphatic carbocycles. The lowest BCUT2D eigenvalue weighted by Gasteiger charge is -2.25. The highest BCUT2D eigenvalue weighted by Crippen LogP contribution is 2.36. The average molecular weight is 408 g/mol. The number of hydrogen-bond donors (Lipinski definition) is 4. The molecule has 0 bridgehead atoms. The van der Waals surface area contributed by atoms with Crippen LogP contribution in [0.1, 0.15) is 17.9 Å². The van der Waals surface area contributed by atoms with Gasteiger partial charge in [0.05, 0.1) is 19.2 Å². The molecule has 154 valence electrons. The summed E-state index contributed by atoms with van der Waals surface area (Å²) in [6, 6.07) is 14.9. The van der Waals surface area contributed by atoms with Crippen molar-refractivity contribution in [1.29, 1.82) is 0 Å². The fourth-order valence-corrected chi connectivity index (χ4v) is 3.23. The third-order valence-electron chi connectivity index (χ3n) is 4.59. The molecule has 4 N–H and O–H groups in total. The van der Waals surface area contributed by atoms with E-state index >= 15 is 0 Å². The number of rotatable bonds is 4. The zero-order valence-electron chi connectivity index (χ0n) is 16.1. The Bertz CT molecular complexity index is 1050. The number of methoxy groups -OCH3 is 1. The predicted molar refractivity (Wildman–Crippen MR) is 110 cm³/mol. The van der Waals surface area contributed by atoms with Gasteiger partial charge in [-0.25, -0.2) is 0 Å². The quantitative estimate of drug-likeness (QED) is 0.491. The van der Waals surface area contributed by atoms with Crippen LogP contribution in [0.5, 0.6) is 5.75 Å². The third kappa shape index (κ3) is 4.46. The van der Waals surface area contributed by atoms with Gasteiger partial charge >= 0.3 is 0 Å². The minimum atomic E-state index is -0.615. The van der Waals surface area contributed by atoms with E-state index in [1.807, 2.05) is 30.3 Å². The van der Waals surface area contributed by atoms with Crippen LogP contribution in [0.4, 0.5) is 11.5 Å². The second-order valence-corrected chi connectivity index (χ2v) is 6.38. The SMILES string of the molecule is COc1ccc2c(c1)C(C(=O)Nc1[nH]ncc1-c1ccccc1)CC(=O)N2.O=CO. The molecule has 4 rings (SSSR count). The topological polar surface area (TPSA) is 133 Å². The zero-order chi connectivity index (χ0) is 21.5. The number of H-pyrrole nitrogens is 1. The molecule has 1 aromatic heterocycles. The predicted octanol–water partition coefficient (Wildman–Crippen LogP) is 2.85. The summed E-state index contributed by atoms with van der Waals surface area (Å²) in [4.78, 5) is 33.4. The number of carbonyl (C=O) groups is 3. The number of aromatic nitrogens is 2. The van der Waals surface area contributed by atoms with Crippen LogP contribution < -0.4 is 15.4 Å². The Morgan fingerprint density at radius 3 is 2.70 bits per heavy atom. The van der Waals surface area contributed by atoms with Crippen LogP contribution in [0.15, 0.2) is 54.7 Å². The van der Waals surface area contributed by atoms with E-state index in [2.05, 4.69) is 20.8 Å². The van der Waals surface area contributed by atoms with Gasteiger partial charge in [0.15, 0.2) is 0 Å². The van der Waals surface area contributed by atoms with Crippen LogP contribution >= 0.6 is 0 Å². The van der Waals surface area contributed by atoms with E-state index in [0.29, 0.717) is 17.3 Å². The number of nitrogens with one attached hydrogen (secondary N) is 3.